The summed E-state index contributed by atoms with van der Waals surface area (Å²) < 4.78 is 12.6. The number of anilines is 3. The molecule has 2 heterocycles. The van der Waals surface area contributed by atoms with Gasteiger partial charge >= 0.3 is 5.97 Å². The Bertz CT molecular complexity index is 1510. The van der Waals surface area contributed by atoms with Crippen LogP contribution in [0.15, 0.2) is 72.8 Å². The van der Waals surface area contributed by atoms with Crippen LogP contribution in [0.25, 0.3) is 0 Å². The lowest BCUT2D eigenvalue weighted by Gasteiger charge is -2.37. The number of esters is 1. The molecule has 3 N–H and O–H groups in total. The third-order valence-electron chi connectivity index (χ3n) is 6.76. The van der Waals surface area contributed by atoms with Gasteiger partial charge in [0.25, 0.3) is 0 Å². The Labute approximate surface area is 198 Å². The molecule has 4 aromatic carbocycles. The number of carbonyl (C=O) groups is 1. The quantitative estimate of drug-likeness (QED) is 0.270. The summed E-state index contributed by atoms with van der Waals surface area (Å²) in [6.07, 6.45) is 0. The van der Waals surface area contributed by atoms with Crippen LogP contribution in [-0.2, 0) is 10.3 Å². The van der Waals surface area contributed by atoms with Gasteiger partial charge in [-0.15, -0.1) is 0 Å². The zero-order chi connectivity index (χ0) is 23.6. The van der Waals surface area contributed by atoms with E-state index < -0.39 is 5.60 Å². The van der Waals surface area contributed by atoms with Crippen molar-refractivity contribution in [1.82, 2.24) is 0 Å². The average Bonchev–Trinajstić information content (AvgIpc) is 3.09. The van der Waals surface area contributed by atoms with Crippen LogP contribution >= 0.6 is 0 Å². The number of hydrogen-bond acceptors (Lipinski definition) is 5. The van der Waals surface area contributed by atoms with Crippen molar-refractivity contribution in [3.05, 3.63) is 112 Å². The number of carbonyl (C=O) groups excluding carboxylic acids is 1. The van der Waals surface area contributed by atoms with Crippen LogP contribution in [0, 0.1) is 20.8 Å². The summed E-state index contributed by atoms with van der Waals surface area (Å²) in [5.41, 5.74) is 13.8. The summed E-state index contributed by atoms with van der Waals surface area (Å²) in [5.74, 6) is 0.861. The van der Waals surface area contributed by atoms with Gasteiger partial charge in [-0.3, -0.25) is 0 Å². The number of rotatable bonds is 2. The molecule has 0 saturated carbocycles. The molecule has 5 nitrogen and oxygen atoms in total. The molecule has 2 aliphatic rings. The molecule has 34 heavy (non-hydrogen) atoms. The van der Waals surface area contributed by atoms with Gasteiger partial charge < -0.3 is 20.5 Å². The number of nitrogen functional groups attached to an aromatic ring is 1. The topological polar surface area (TPSA) is 73.6 Å². The summed E-state index contributed by atoms with van der Waals surface area (Å²) in [6.45, 7) is 6.20. The Morgan fingerprint density at radius 1 is 0.794 bits per heavy atom. The van der Waals surface area contributed by atoms with E-state index in [9.17, 15) is 4.79 Å². The summed E-state index contributed by atoms with van der Waals surface area (Å²) in [7, 11) is 0. The minimum Gasteiger partial charge on any atom is -0.456 e. The largest absolute Gasteiger partial charge is 0.456 e. The Hall–Kier alpha value is -4.25. The van der Waals surface area contributed by atoms with Gasteiger partial charge in [-0.25, -0.2) is 4.79 Å². The molecule has 0 amide bonds. The second-order valence-corrected chi connectivity index (χ2v) is 9.05. The molecule has 0 bridgehead atoms. The molecule has 1 atom stereocenters. The first-order chi connectivity index (χ1) is 16.4. The Morgan fingerprint density at radius 3 is 2.41 bits per heavy atom. The van der Waals surface area contributed by atoms with Crippen molar-refractivity contribution in [2.45, 2.75) is 26.4 Å². The van der Waals surface area contributed by atoms with Crippen LogP contribution in [0.3, 0.4) is 0 Å². The van der Waals surface area contributed by atoms with Crippen molar-refractivity contribution in [3.63, 3.8) is 0 Å². The standard InChI is InChI=1S/C29H24N2O3/c1-16-11-12-23(17(2)13-16)31-24-15-21-26(14-18(24)3)33-25-10-6-9-22(30)27(25)29(21)20-8-5-4-7-19(20)28(32)34-29/h4-15,31H,30H2,1-3H3. The molecule has 1 unspecified atom stereocenters. The van der Waals surface area contributed by atoms with E-state index in [1.807, 2.05) is 55.5 Å². The molecule has 0 aromatic heterocycles. The van der Waals surface area contributed by atoms with Gasteiger partial charge in [-0.2, -0.15) is 0 Å². The summed E-state index contributed by atoms with van der Waals surface area (Å²) in [5, 5.41) is 3.57. The number of ether oxygens (including phenoxy) is 2. The van der Waals surface area contributed by atoms with E-state index in [0.717, 1.165) is 33.6 Å². The summed E-state index contributed by atoms with van der Waals surface area (Å²) >= 11 is 0. The van der Waals surface area contributed by atoms with Crippen molar-refractivity contribution < 1.29 is 14.3 Å². The Balaban J connectivity index is 1.61. The van der Waals surface area contributed by atoms with Crippen molar-refractivity contribution >= 4 is 23.0 Å². The molecule has 0 saturated heterocycles. The average molecular weight is 449 g/mol. The van der Waals surface area contributed by atoms with Crippen LogP contribution < -0.4 is 15.8 Å². The second kappa shape index (κ2) is 7.12. The first kappa shape index (κ1) is 20.4. The lowest BCUT2D eigenvalue weighted by molar-refractivity contribution is 0.0227. The first-order valence-electron chi connectivity index (χ1n) is 11.3. The smallest absolute Gasteiger partial charge is 0.340 e. The van der Waals surface area contributed by atoms with Crippen LogP contribution in [0.1, 0.15) is 43.7 Å². The predicted octanol–water partition coefficient (Wildman–Crippen LogP) is 6.51. The van der Waals surface area contributed by atoms with Crippen LogP contribution in [0.4, 0.5) is 17.1 Å². The zero-order valence-corrected chi connectivity index (χ0v) is 19.2. The third kappa shape index (κ3) is 2.76. The lowest BCUT2D eigenvalue weighted by atomic mass is 9.76. The van der Waals surface area contributed by atoms with Crippen molar-refractivity contribution in [2.24, 2.45) is 0 Å². The fourth-order valence-electron chi connectivity index (χ4n) is 5.14. The Morgan fingerprint density at radius 2 is 1.59 bits per heavy atom. The number of nitrogens with two attached hydrogens (primary N) is 1. The van der Waals surface area contributed by atoms with E-state index in [1.54, 1.807) is 6.07 Å². The second-order valence-electron chi connectivity index (χ2n) is 9.05. The lowest BCUT2D eigenvalue weighted by Crippen LogP contribution is -2.34. The first-order valence-corrected chi connectivity index (χ1v) is 11.3. The molecule has 168 valence electrons. The number of fused-ring (bicyclic) bond motifs is 6. The predicted molar refractivity (Wildman–Crippen MR) is 133 cm³/mol. The molecule has 1 spiro atoms. The number of hydrogen-bond donors (Lipinski definition) is 2. The van der Waals surface area contributed by atoms with Gasteiger partial charge in [0.05, 0.1) is 11.1 Å². The highest BCUT2D eigenvalue weighted by atomic mass is 16.6. The van der Waals surface area contributed by atoms with Gasteiger partial charge in [-0.05, 0) is 68.3 Å². The molecule has 5 heteroatoms. The van der Waals surface area contributed by atoms with E-state index in [2.05, 4.69) is 37.4 Å². The van der Waals surface area contributed by atoms with Crippen molar-refractivity contribution in [2.75, 3.05) is 11.1 Å². The van der Waals surface area contributed by atoms with Gasteiger partial charge in [-0.1, -0.05) is 42.0 Å². The van der Waals surface area contributed by atoms with Crippen LogP contribution in [-0.4, -0.2) is 5.97 Å². The molecular weight excluding hydrogens is 424 g/mol. The maximum Gasteiger partial charge on any atom is 0.340 e. The van der Waals surface area contributed by atoms with Gasteiger partial charge in [0.15, 0.2) is 5.60 Å². The minimum absolute atomic E-state index is 0.373. The zero-order valence-electron chi connectivity index (χ0n) is 19.2. The van der Waals surface area contributed by atoms with E-state index in [4.69, 9.17) is 15.2 Å². The van der Waals surface area contributed by atoms with E-state index in [0.29, 0.717) is 28.3 Å². The highest BCUT2D eigenvalue weighted by Gasteiger charge is 2.54. The molecule has 4 aromatic rings. The molecule has 6 rings (SSSR count). The fourth-order valence-corrected chi connectivity index (χ4v) is 5.14. The normalized spacial score (nSPS) is 17.4. The van der Waals surface area contributed by atoms with E-state index in [-0.39, 0.29) is 5.97 Å². The van der Waals surface area contributed by atoms with Gasteiger partial charge in [0.1, 0.15) is 11.5 Å². The minimum atomic E-state index is -1.19. The molecule has 0 fully saturated rings. The molecule has 0 radical (unpaired) electrons. The maximum atomic E-state index is 13.1. The van der Waals surface area contributed by atoms with E-state index >= 15 is 0 Å². The van der Waals surface area contributed by atoms with E-state index in [1.165, 1.54) is 5.56 Å². The van der Waals surface area contributed by atoms with Crippen LogP contribution in [0.5, 0.6) is 11.5 Å². The number of aryl methyl sites for hydroxylation is 3. The molecular formula is C29H24N2O3. The van der Waals surface area contributed by atoms with Crippen molar-refractivity contribution in [3.8, 4) is 11.5 Å². The fraction of sp³-hybridized carbons (Fsp3) is 0.138. The highest BCUT2D eigenvalue weighted by molar-refractivity contribution is 5.97. The van der Waals surface area contributed by atoms with Gasteiger partial charge in [0, 0.05) is 28.2 Å². The van der Waals surface area contributed by atoms with Crippen molar-refractivity contribution in [1.29, 1.82) is 0 Å². The SMILES string of the molecule is Cc1ccc(Nc2cc3c(cc2C)Oc2cccc(N)c2C32OC(=O)c3ccccc32)c(C)c1. The monoisotopic (exact) mass is 448 g/mol. The Kier molecular flexibility index (Phi) is 4.27. The maximum absolute atomic E-state index is 13.1. The third-order valence-corrected chi connectivity index (χ3v) is 6.76. The molecule has 0 aliphatic carbocycles. The summed E-state index contributed by atoms with van der Waals surface area (Å²) in [6, 6.07) is 23.3. The molecule has 2 aliphatic heterocycles. The number of nitrogens with one attached hydrogen (secondary N) is 1. The highest BCUT2D eigenvalue weighted by Crippen LogP contribution is 2.58. The summed E-state index contributed by atoms with van der Waals surface area (Å²) in [4.78, 5) is 13.1. The van der Waals surface area contributed by atoms with Crippen LogP contribution in [0.2, 0.25) is 0 Å². The number of benzene rings is 4. The van der Waals surface area contributed by atoms with Gasteiger partial charge in [0.2, 0.25) is 0 Å².